The average Bonchev–Trinajstić information content (AvgIpc) is 2.16. The zero-order valence-corrected chi connectivity index (χ0v) is 7.49. The number of phenolic OH excluding ortho intramolecular Hbond substituents is 1. The highest BCUT2D eigenvalue weighted by Crippen LogP contribution is 2.14. The number of benzene rings is 1. The Bertz CT molecular complexity index is 309. The van der Waals surface area contributed by atoms with Crippen LogP contribution in [0.15, 0.2) is 29.3 Å². The lowest BCUT2D eigenvalue weighted by Crippen LogP contribution is -2.30. The van der Waals surface area contributed by atoms with E-state index in [0.29, 0.717) is 12.5 Å². The number of aliphatic imine (C=N–C) groups is 1. The van der Waals surface area contributed by atoms with Crippen molar-refractivity contribution < 1.29 is 5.11 Å². The predicted octanol–water partition coefficient (Wildman–Crippen LogP) is 0.426. The number of nitrogens with one attached hydrogen (secondary N) is 1. The number of hydrogen-bond acceptors (Lipinski definition) is 2. The number of rotatable bonds is 2. The van der Waals surface area contributed by atoms with Gasteiger partial charge in [0, 0.05) is 19.2 Å². The minimum Gasteiger partial charge on any atom is -0.508 e. The van der Waals surface area contributed by atoms with Crippen LogP contribution in [0.25, 0.3) is 0 Å². The molecule has 70 valence electrons. The van der Waals surface area contributed by atoms with Crippen LogP contribution in [-0.4, -0.2) is 18.1 Å². The highest BCUT2D eigenvalue weighted by Gasteiger charge is 1.98. The van der Waals surface area contributed by atoms with Crippen LogP contribution in [0.3, 0.4) is 0 Å². The van der Waals surface area contributed by atoms with E-state index < -0.39 is 0 Å². The second kappa shape index (κ2) is 4.35. The van der Waals surface area contributed by atoms with Crippen molar-refractivity contribution in [3.63, 3.8) is 0 Å². The van der Waals surface area contributed by atoms with Gasteiger partial charge in [0.05, 0.1) is 0 Å². The molecular formula is C9H13N3O. The van der Waals surface area contributed by atoms with Gasteiger partial charge in [0.1, 0.15) is 5.75 Å². The summed E-state index contributed by atoms with van der Waals surface area (Å²) in [5, 5.41) is 12.2. The van der Waals surface area contributed by atoms with E-state index in [-0.39, 0.29) is 5.75 Å². The quantitative estimate of drug-likeness (QED) is 0.455. The monoisotopic (exact) mass is 179 g/mol. The van der Waals surface area contributed by atoms with Crippen LogP contribution in [0, 0.1) is 0 Å². The van der Waals surface area contributed by atoms with Crippen LogP contribution in [0.5, 0.6) is 5.75 Å². The summed E-state index contributed by atoms with van der Waals surface area (Å²) in [7, 11) is 1.60. The molecular weight excluding hydrogens is 166 g/mol. The first-order chi connectivity index (χ1) is 6.24. The van der Waals surface area contributed by atoms with Crippen LogP contribution in [0.2, 0.25) is 0 Å². The molecule has 0 saturated heterocycles. The Morgan fingerprint density at radius 2 is 2.23 bits per heavy atom. The van der Waals surface area contributed by atoms with Gasteiger partial charge in [-0.15, -0.1) is 0 Å². The summed E-state index contributed by atoms with van der Waals surface area (Å²) in [5.74, 6) is 0.627. The van der Waals surface area contributed by atoms with Crippen molar-refractivity contribution in [2.75, 3.05) is 7.05 Å². The molecule has 0 saturated carbocycles. The van der Waals surface area contributed by atoms with E-state index in [9.17, 15) is 5.11 Å². The number of nitrogens with two attached hydrogens (primary N) is 1. The topological polar surface area (TPSA) is 70.6 Å². The number of guanidine groups is 1. The molecule has 1 rings (SSSR count). The molecule has 1 aromatic carbocycles. The molecule has 4 nitrogen and oxygen atoms in total. The summed E-state index contributed by atoms with van der Waals surface area (Å²) in [6.45, 7) is 0.482. The normalized spacial score (nSPS) is 11.3. The number of para-hydroxylation sites is 1. The van der Waals surface area contributed by atoms with Gasteiger partial charge in [-0.25, -0.2) is 0 Å². The zero-order chi connectivity index (χ0) is 9.68. The first-order valence-corrected chi connectivity index (χ1v) is 3.97. The molecule has 0 aliphatic carbocycles. The van der Waals surface area contributed by atoms with Crippen molar-refractivity contribution in [2.45, 2.75) is 6.54 Å². The molecule has 4 heteroatoms. The maximum absolute atomic E-state index is 9.38. The smallest absolute Gasteiger partial charge is 0.188 e. The standard InChI is InChI=1S/C9H13N3O/c1-11-9(10)12-6-7-4-2-3-5-8(7)13/h2-5,13H,6H2,1H3,(H3,10,11,12). The van der Waals surface area contributed by atoms with Gasteiger partial charge in [0.2, 0.25) is 0 Å². The maximum atomic E-state index is 9.38. The molecule has 13 heavy (non-hydrogen) atoms. The summed E-state index contributed by atoms with van der Waals surface area (Å²) in [4.78, 5) is 3.73. The van der Waals surface area contributed by atoms with E-state index in [4.69, 9.17) is 5.73 Å². The van der Waals surface area contributed by atoms with E-state index in [1.54, 1.807) is 19.2 Å². The van der Waals surface area contributed by atoms with Crippen LogP contribution in [-0.2, 0) is 6.54 Å². The summed E-state index contributed by atoms with van der Waals surface area (Å²) >= 11 is 0. The van der Waals surface area contributed by atoms with Crippen molar-refractivity contribution in [1.82, 2.24) is 5.32 Å². The largest absolute Gasteiger partial charge is 0.508 e. The van der Waals surface area contributed by atoms with Crippen LogP contribution < -0.4 is 11.1 Å². The second-order valence-corrected chi connectivity index (χ2v) is 2.59. The van der Waals surface area contributed by atoms with Crippen molar-refractivity contribution in [2.24, 2.45) is 10.7 Å². The van der Waals surface area contributed by atoms with Gasteiger partial charge in [0.15, 0.2) is 5.96 Å². The van der Waals surface area contributed by atoms with Crippen molar-refractivity contribution >= 4 is 5.96 Å². The number of aromatic hydroxyl groups is 1. The minimum absolute atomic E-state index is 0.263. The van der Waals surface area contributed by atoms with Crippen molar-refractivity contribution in [3.8, 4) is 5.75 Å². The van der Waals surface area contributed by atoms with E-state index in [0.717, 1.165) is 5.56 Å². The summed E-state index contributed by atoms with van der Waals surface area (Å²) < 4.78 is 0. The highest BCUT2D eigenvalue weighted by atomic mass is 16.3. The first kappa shape index (κ1) is 9.38. The Hall–Kier alpha value is -1.71. The Morgan fingerprint density at radius 1 is 1.54 bits per heavy atom. The Labute approximate surface area is 77.1 Å². The molecule has 0 fully saturated rings. The molecule has 0 radical (unpaired) electrons. The van der Waals surface area contributed by atoms with Crippen LogP contribution >= 0.6 is 0 Å². The third kappa shape index (κ3) is 2.66. The lowest BCUT2D eigenvalue weighted by atomic mass is 10.2. The number of nitrogens with zero attached hydrogens (tertiary/aromatic N) is 1. The van der Waals surface area contributed by atoms with Crippen LogP contribution in [0.1, 0.15) is 5.56 Å². The van der Waals surface area contributed by atoms with Crippen LogP contribution in [0.4, 0.5) is 0 Å². The molecule has 0 aliphatic rings. The first-order valence-electron chi connectivity index (χ1n) is 3.97. The summed E-state index contributed by atoms with van der Waals surface area (Å²) in [5.41, 5.74) is 6.23. The fourth-order valence-electron chi connectivity index (χ4n) is 0.925. The Morgan fingerprint density at radius 3 is 2.85 bits per heavy atom. The van der Waals surface area contributed by atoms with Gasteiger partial charge in [-0.2, -0.15) is 0 Å². The van der Waals surface area contributed by atoms with Gasteiger partial charge < -0.3 is 16.2 Å². The maximum Gasteiger partial charge on any atom is 0.188 e. The third-order valence-electron chi connectivity index (χ3n) is 1.69. The van der Waals surface area contributed by atoms with Gasteiger partial charge in [-0.05, 0) is 6.07 Å². The van der Waals surface area contributed by atoms with E-state index in [1.807, 2.05) is 12.1 Å². The zero-order valence-electron chi connectivity index (χ0n) is 7.49. The SMILES string of the molecule is CN=C(N)NCc1ccccc1O. The Balaban J connectivity index is 2.60. The lowest BCUT2D eigenvalue weighted by Gasteiger charge is -2.05. The van der Waals surface area contributed by atoms with Crippen molar-refractivity contribution in [1.29, 1.82) is 0 Å². The summed E-state index contributed by atoms with van der Waals surface area (Å²) in [6, 6.07) is 7.09. The van der Waals surface area contributed by atoms with Crippen molar-refractivity contribution in [3.05, 3.63) is 29.8 Å². The fourth-order valence-corrected chi connectivity index (χ4v) is 0.925. The van der Waals surface area contributed by atoms with Gasteiger partial charge in [-0.1, -0.05) is 18.2 Å². The molecule has 0 bridgehead atoms. The second-order valence-electron chi connectivity index (χ2n) is 2.59. The lowest BCUT2D eigenvalue weighted by molar-refractivity contribution is 0.467. The highest BCUT2D eigenvalue weighted by molar-refractivity contribution is 5.77. The van der Waals surface area contributed by atoms with E-state index >= 15 is 0 Å². The Kier molecular flexibility index (Phi) is 3.14. The minimum atomic E-state index is 0.263. The van der Waals surface area contributed by atoms with Gasteiger partial charge in [0.25, 0.3) is 0 Å². The summed E-state index contributed by atoms with van der Waals surface area (Å²) in [6.07, 6.45) is 0. The van der Waals surface area contributed by atoms with Gasteiger partial charge >= 0.3 is 0 Å². The molecule has 0 aliphatic heterocycles. The third-order valence-corrected chi connectivity index (χ3v) is 1.69. The van der Waals surface area contributed by atoms with E-state index in [1.165, 1.54) is 0 Å². The molecule has 0 aromatic heterocycles. The predicted molar refractivity (Wildman–Crippen MR) is 52.5 cm³/mol. The molecule has 0 atom stereocenters. The van der Waals surface area contributed by atoms with Gasteiger partial charge in [-0.3, -0.25) is 4.99 Å². The van der Waals surface area contributed by atoms with E-state index in [2.05, 4.69) is 10.3 Å². The number of hydrogen-bond donors (Lipinski definition) is 3. The molecule has 4 N–H and O–H groups in total. The molecule has 0 spiro atoms. The molecule has 0 unspecified atom stereocenters. The molecule has 0 heterocycles. The molecule has 0 amide bonds. The molecule has 1 aromatic rings. The average molecular weight is 179 g/mol. The fraction of sp³-hybridized carbons (Fsp3) is 0.222. The number of phenols is 1.